The monoisotopic (exact) mass is 308 g/mol. The molecular weight excluding hydrogens is 284 g/mol. The highest BCUT2D eigenvalue weighted by Crippen LogP contribution is 2.35. The molecule has 1 saturated heterocycles. The average Bonchev–Trinajstić information content (AvgIpc) is 2.56. The summed E-state index contributed by atoms with van der Waals surface area (Å²) in [6, 6.07) is 9.79. The van der Waals surface area contributed by atoms with Crippen LogP contribution in [0.15, 0.2) is 43.0 Å². The number of hydrogen-bond acceptors (Lipinski definition) is 5. The van der Waals surface area contributed by atoms with Gasteiger partial charge >= 0.3 is 0 Å². The molecule has 5 atom stereocenters. The van der Waals surface area contributed by atoms with Crippen LogP contribution < -0.4 is 0 Å². The second kappa shape index (κ2) is 8.41. The molecule has 0 spiro atoms. The van der Waals surface area contributed by atoms with Crippen LogP contribution in [0.4, 0.5) is 0 Å². The third-order valence-corrected chi connectivity index (χ3v) is 3.85. The van der Waals surface area contributed by atoms with Gasteiger partial charge in [0.2, 0.25) is 0 Å². The first-order chi connectivity index (χ1) is 10.7. The second-order valence-electron chi connectivity index (χ2n) is 5.22. The molecule has 0 radical (unpaired) electrons. The third kappa shape index (κ3) is 3.74. The Hall–Kier alpha value is -1.24. The zero-order valence-corrected chi connectivity index (χ0v) is 13.1. The Kier molecular flexibility index (Phi) is 6.54. The Morgan fingerprint density at radius 3 is 2.45 bits per heavy atom. The Balaban J connectivity index is 2.20. The van der Waals surface area contributed by atoms with E-state index in [-0.39, 0.29) is 12.7 Å². The number of ether oxygens (including phenoxy) is 4. The van der Waals surface area contributed by atoms with Crippen molar-refractivity contribution in [2.24, 2.45) is 0 Å². The quantitative estimate of drug-likeness (QED) is 0.614. The first-order valence-electron chi connectivity index (χ1n) is 7.35. The van der Waals surface area contributed by atoms with E-state index in [1.54, 1.807) is 20.3 Å². The highest BCUT2D eigenvalue weighted by molar-refractivity contribution is 5.20. The van der Waals surface area contributed by atoms with Crippen LogP contribution in [0.1, 0.15) is 11.7 Å². The van der Waals surface area contributed by atoms with Crippen molar-refractivity contribution >= 4 is 0 Å². The van der Waals surface area contributed by atoms with Gasteiger partial charge in [-0.2, -0.15) is 0 Å². The van der Waals surface area contributed by atoms with E-state index in [0.717, 1.165) is 5.56 Å². The standard InChI is InChI=1S/C17H24O5/c1-4-10-21-11-13-14(18)16(19-2)17(20-3)15(22-13)12-8-6-5-7-9-12/h4-9,13-18H,1,10-11H2,2-3H3/t13-,14-,15+,16+,17+/m1/s1. The summed E-state index contributed by atoms with van der Waals surface area (Å²) in [5, 5.41) is 10.5. The minimum Gasteiger partial charge on any atom is -0.387 e. The van der Waals surface area contributed by atoms with E-state index in [9.17, 15) is 5.11 Å². The van der Waals surface area contributed by atoms with Gasteiger partial charge in [-0.15, -0.1) is 6.58 Å². The van der Waals surface area contributed by atoms with Crippen molar-refractivity contribution in [3.63, 3.8) is 0 Å². The van der Waals surface area contributed by atoms with Crippen molar-refractivity contribution < 1.29 is 24.1 Å². The van der Waals surface area contributed by atoms with Gasteiger partial charge in [0.05, 0.1) is 13.2 Å². The van der Waals surface area contributed by atoms with Gasteiger partial charge < -0.3 is 24.1 Å². The van der Waals surface area contributed by atoms with Crippen molar-refractivity contribution in [2.45, 2.75) is 30.5 Å². The number of benzene rings is 1. The molecule has 1 aliphatic rings. The van der Waals surface area contributed by atoms with Crippen molar-refractivity contribution in [1.29, 1.82) is 0 Å². The van der Waals surface area contributed by atoms with Crippen LogP contribution in [-0.2, 0) is 18.9 Å². The minimum absolute atomic E-state index is 0.271. The fourth-order valence-electron chi connectivity index (χ4n) is 2.77. The molecule has 0 aromatic heterocycles. The van der Waals surface area contributed by atoms with E-state index in [2.05, 4.69) is 6.58 Å². The fraction of sp³-hybridized carbons (Fsp3) is 0.529. The summed E-state index contributed by atoms with van der Waals surface area (Å²) < 4.78 is 22.5. The lowest BCUT2D eigenvalue weighted by Gasteiger charge is -2.43. The normalized spacial score (nSPS) is 31.9. The second-order valence-corrected chi connectivity index (χ2v) is 5.22. The molecule has 1 aromatic rings. The van der Waals surface area contributed by atoms with Gasteiger partial charge in [0.25, 0.3) is 0 Å². The van der Waals surface area contributed by atoms with Gasteiger partial charge in [0, 0.05) is 14.2 Å². The Bertz CT molecular complexity index is 450. The number of hydrogen-bond donors (Lipinski definition) is 1. The molecule has 122 valence electrons. The topological polar surface area (TPSA) is 57.2 Å². The zero-order valence-electron chi connectivity index (χ0n) is 13.1. The molecule has 1 fully saturated rings. The van der Waals surface area contributed by atoms with Crippen molar-refractivity contribution in [2.75, 3.05) is 27.4 Å². The van der Waals surface area contributed by atoms with Crippen LogP contribution >= 0.6 is 0 Å². The van der Waals surface area contributed by atoms with Gasteiger partial charge in [0.1, 0.15) is 30.5 Å². The molecule has 0 unspecified atom stereocenters. The molecule has 22 heavy (non-hydrogen) atoms. The predicted molar refractivity (Wildman–Crippen MR) is 82.7 cm³/mol. The highest BCUT2D eigenvalue weighted by atomic mass is 16.6. The average molecular weight is 308 g/mol. The van der Waals surface area contributed by atoms with Gasteiger partial charge in [0.15, 0.2) is 0 Å². The number of aliphatic hydroxyl groups excluding tert-OH is 1. The van der Waals surface area contributed by atoms with Crippen LogP contribution in [-0.4, -0.2) is 57.0 Å². The fourth-order valence-corrected chi connectivity index (χ4v) is 2.77. The maximum absolute atomic E-state index is 10.5. The SMILES string of the molecule is C=CCOC[C@H]1O[C@@H](c2ccccc2)[C@H](OC)[C@@H](OC)[C@@H]1O. The lowest BCUT2D eigenvalue weighted by Crippen LogP contribution is -2.56. The summed E-state index contributed by atoms with van der Waals surface area (Å²) in [4.78, 5) is 0. The molecule has 2 rings (SSSR count). The molecule has 5 nitrogen and oxygen atoms in total. The van der Waals surface area contributed by atoms with Crippen LogP contribution in [0.3, 0.4) is 0 Å². The molecule has 0 aliphatic carbocycles. The summed E-state index contributed by atoms with van der Waals surface area (Å²) in [5.74, 6) is 0. The van der Waals surface area contributed by atoms with Gasteiger partial charge in [-0.25, -0.2) is 0 Å². The van der Waals surface area contributed by atoms with Crippen LogP contribution in [0, 0.1) is 0 Å². The minimum atomic E-state index is -0.820. The van der Waals surface area contributed by atoms with Gasteiger partial charge in [-0.05, 0) is 5.56 Å². The summed E-state index contributed by atoms with van der Waals surface area (Å²) in [5.41, 5.74) is 0.983. The Labute approximate surface area is 131 Å². The van der Waals surface area contributed by atoms with E-state index in [1.807, 2.05) is 30.3 Å². The molecule has 1 heterocycles. The maximum atomic E-state index is 10.5. The van der Waals surface area contributed by atoms with Crippen molar-refractivity contribution in [3.05, 3.63) is 48.6 Å². The first kappa shape index (κ1) is 17.1. The third-order valence-electron chi connectivity index (χ3n) is 3.85. The molecular formula is C17H24O5. The molecule has 1 aromatic carbocycles. The molecule has 5 heteroatoms. The molecule has 0 amide bonds. The first-order valence-corrected chi connectivity index (χ1v) is 7.35. The summed E-state index contributed by atoms with van der Waals surface area (Å²) in [6.45, 7) is 4.29. The highest BCUT2D eigenvalue weighted by Gasteiger charge is 2.46. The van der Waals surface area contributed by atoms with Gasteiger partial charge in [-0.3, -0.25) is 0 Å². The van der Waals surface area contributed by atoms with Crippen molar-refractivity contribution in [1.82, 2.24) is 0 Å². The molecule has 0 saturated carbocycles. The van der Waals surface area contributed by atoms with Crippen LogP contribution in [0.25, 0.3) is 0 Å². The van der Waals surface area contributed by atoms with Crippen LogP contribution in [0.2, 0.25) is 0 Å². The molecule has 1 N–H and O–H groups in total. The van der Waals surface area contributed by atoms with Crippen molar-refractivity contribution in [3.8, 4) is 0 Å². The number of aliphatic hydroxyl groups is 1. The lowest BCUT2D eigenvalue weighted by atomic mass is 9.91. The summed E-state index contributed by atoms with van der Waals surface area (Å²) >= 11 is 0. The predicted octanol–water partition coefficient (Wildman–Crippen LogP) is 1.72. The number of rotatable bonds is 7. The smallest absolute Gasteiger partial charge is 0.116 e. The lowest BCUT2D eigenvalue weighted by molar-refractivity contribution is -0.246. The summed E-state index contributed by atoms with van der Waals surface area (Å²) in [6.07, 6.45) is -0.840. The largest absolute Gasteiger partial charge is 0.387 e. The van der Waals surface area contributed by atoms with E-state index in [4.69, 9.17) is 18.9 Å². The van der Waals surface area contributed by atoms with E-state index in [0.29, 0.717) is 6.61 Å². The van der Waals surface area contributed by atoms with E-state index < -0.39 is 24.4 Å². The zero-order chi connectivity index (χ0) is 15.9. The molecule has 0 bridgehead atoms. The van der Waals surface area contributed by atoms with E-state index in [1.165, 1.54) is 0 Å². The Morgan fingerprint density at radius 1 is 1.18 bits per heavy atom. The van der Waals surface area contributed by atoms with Gasteiger partial charge in [-0.1, -0.05) is 36.4 Å². The Morgan fingerprint density at radius 2 is 1.86 bits per heavy atom. The summed E-state index contributed by atoms with van der Waals surface area (Å²) in [7, 11) is 3.16. The van der Waals surface area contributed by atoms with E-state index >= 15 is 0 Å². The maximum Gasteiger partial charge on any atom is 0.116 e. The van der Waals surface area contributed by atoms with Crippen LogP contribution in [0.5, 0.6) is 0 Å². The molecule has 1 aliphatic heterocycles. The number of methoxy groups -OCH3 is 2.